The number of aromatic nitrogens is 8. The first kappa shape index (κ1) is 51.5. The lowest BCUT2D eigenvalue weighted by Crippen LogP contribution is -1.94. The van der Waals surface area contributed by atoms with Crippen molar-refractivity contribution in [2.45, 2.75) is 0 Å². The van der Waals surface area contributed by atoms with Crippen LogP contribution in [-0.2, 0) is 0 Å². The molecule has 0 bridgehead atoms. The average Bonchev–Trinajstić information content (AvgIpc) is 2.83. The third-order valence-corrected chi connectivity index (χ3v) is 16.0. The van der Waals surface area contributed by atoms with Gasteiger partial charge in [0.1, 0.15) is 22.3 Å². The van der Waals surface area contributed by atoms with Gasteiger partial charge in [-0.3, -0.25) is 19.9 Å². The lowest BCUT2D eigenvalue weighted by Gasteiger charge is -2.11. The smallest absolute Gasteiger partial charge is 0.147 e. The summed E-state index contributed by atoms with van der Waals surface area (Å²) in [4.78, 5) is 38.6. The molecule has 412 valence electrons. The van der Waals surface area contributed by atoms with Crippen LogP contribution < -0.4 is 0 Å². The maximum Gasteiger partial charge on any atom is 0.147 e. The molecule has 0 spiro atoms. The molecule has 10 heteroatoms. The molecule has 0 fully saturated rings. The van der Waals surface area contributed by atoms with E-state index in [4.69, 9.17) is 28.8 Å². The van der Waals surface area contributed by atoms with Crippen LogP contribution in [0.2, 0.25) is 0 Å². The van der Waals surface area contributed by atoms with Crippen LogP contribution in [0.3, 0.4) is 0 Å². The van der Waals surface area contributed by atoms with E-state index in [1.54, 1.807) is 24.8 Å². The normalized spacial score (nSPS) is 11.4. The van der Waals surface area contributed by atoms with Gasteiger partial charge in [-0.1, -0.05) is 158 Å². The van der Waals surface area contributed by atoms with Crippen molar-refractivity contribution in [3.05, 3.63) is 292 Å². The molecule has 7 aromatic carbocycles. The summed E-state index contributed by atoms with van der Waals surface area (Å²) in [5.74, 6) is 0. The SMILES string of the molecule is c1ccc(-c2nc3cc(-c4cc(-c5ccccn5)nc(-c5ccccn5)c4)ccc3c3oc4ccccc4c23)cc1.c1ccc(-c2nc3cc(-c4ccc(-c5cc(-c6ccccn6)nc(-c6ccccn6)c5)cc4)ccc3c3oc4ccccc4c23)cc1. The number of hydrogen-bond acceptors (Lipinski definition) is 10. The van der Waals surface area contributed by atoms with Gasteiger partial charge in [-0.25, -0.2) is 19.9 Å². The molecule has 0 saturated heterocycles. The predicted octanol–water partition coefficient (Wildman–Crippen LogP) is 19.6. The molecule has 10 nitrogen and oxygen atoms in total. The van der Waals surface area contributed by atoms with Gasteiger partial charge >= 0.3 is 0 Å². The minimum Gasteiger partial charge on any atom is -0.455 e. The number of benzene rings is 7. The van der Waals surface area contributed by atoms with E-state index in [0.29, 0.717) is 0 Å². The molecule has 10 aromatic heterocycles. The first-order chi connectivity index (χ1) is 43.6. The number of rotatable bonds is 9. The van der Waals surface area contributed by atoms with Crippen LogP contribution in [0.1, 0.15) is 0 Å². The Balaban J connectivity index is 0.000000143. The van der Waals surface area contributed by atoms with Crippen molar-refractivity contribution >= 4 is 65.7 Å². The third-order valence-electron chi connectivity index (χ3n) is 16.0. The fourth-order valence-corrected chi connectivity index (χ4v) is 11.7. The summed E-state index contributed by atoms with van der Waals surface area (Å²) in [7, 11) is 0. The molecule has 10 heterocycles. The molecule has 0 aliphatic carbocycles. The number of pyridine rings is 8. The number of furan rings is 2. The molecule has 0 aliphatic heterocycles. The van der Waals surface area contributed by atoms with E-state index >= 15 is 0 Å². The minimum absolute atomic E-state index is 0.787. The molecule has 0 unspecified atom stereocenters. The van der Waals surface area contributed by atoms with Crippen molar-refractivity contribution in [3.8, 4) is 101 Å². The van der Waals surface area contributed by atoms with Gasteiger partial charge in [0, 0.05) is 57.5 Å². The molecule has 88 heavy (non-hydrogen) atoms. The van der Waals surface area contributed by atoms with E-state index in [1.807, 2.05) is 133 Å². The second kappa shape index (κ2) is 22.1. The van der Waals surface area contributed by atoms with Gasteiger partial charge in [-0.2, -0.15) is 0 Å². The maximum absolute atomic E-state index is 6.47. The van der Waals surface area contributed by atoms with E-state index in [9.17, 15) is 0 Å². The summed E-state index contributed by atoms with van der Waals surface area (Å²) in [5.41, 5.74) is 21.9. The highest BCUT2D eigenvalue weighted by Gasteiger charge is 2.21. The number of fused-ring (bicyclic) bond motifs is 10. The van der Waals surface area contributed by atoms with Crippen LogP contribution in [0.25, 0.3) is 167 Å². The Hall–Kier alpha value is -12.1. The average molecular weight is 1130 g/mol. The largest absolute Gasteiger partial charge is 0.455 e. The third kappa shape index (κ3) is 9.62. The summed E-state index contributed by atoms with van der Waals surface area (Å²) in [5, 5.41) is 6.19. The fraction of sp³-hybridized carbons (Fsp3) is 0. The minimum atomic E-state index is 0.787. The molecule has 17 rings (SSSR count). The van der Waals surface area contributed by atoms with Gasteiger partial charge in [0.2, 0.25) is 0 Å². The predicted molar refractivity (Wildman–Crippen MR) is 354 cm³/mol. The molecule has 0 atom stereocenters. The number of hydrogen-bond donors (Lipinski definition) is 0. The molecule has 17 aromatic rings. The molecule has 0 aliphatic rings. The lowest BCUT2D eigenvalue weighted by molar-refractivity contribution is 0.672. The molecular formula is C78H48N8O2. The van der Waals surface area contributed by atoms with Crippen LogP contribution >= 0.6 is 0 Å². The second-order valence-corrected chi connectivity index (χ2v) is 21.4. The highest BCUT2D eigenvalue weighted by molar-refractivity contribution is 6.21. The zero-order valence-corrected chi connectivity index (χ0v) is 47.1. The summed E-state index contributed by atoms with van der Waals surface area (Å²) < 4.78 is 12.9. The standard InChI is InChI=1S/C42H26N4O.C36H22N4O/c1-2-10-29(11-3-1)41-40-33-12-4-5-15-39(33)47-42(40)32-21-20-30(24-36(32)46-41)27-16-18-28(19-17-27)31-25-37(34-13-6-8-22-43-34)45-38(26-31)35-14-7-9-23-44-35;1-2-10-23(11-3-1)35-34-27-12-4-5-15-33(27)41-36(34)26-17-16-24(20-30(26)40-35)25-21-31(28-13-6-8-18-37-28)39-32(22-25)29-14-7-9-19-38-29/h1-26H;1-22H. The van der Waals surface area contributed by atoms with Gasteiger partial charge in [0.15, 0.2) is 0 Å². The van der Waals surface area contributed by atoms with Crippen LogP contribution in [0.15, 0.2) is 301 Å². The van der Waals surface area contributed by atoms with Gasteiger partial charge in [0.05, 0.1) is 78.7 Å². The van der Waals surface area contributed by atoms with Crippen molar-refractivity contribution < 1.29 is 8.83 Å². The van der Waals surface area contributed by atoms with E-state index in [1.165, 1.54) is 0 Å². The number of para-hydroxylation sites is 2. The Morgan fingerprint density at radius 3 is 0.932 bits per heavy atom. The van der Waals surface area contributed by atoms with E-state index < -0.39 is 0 Å². The molecule has 0 saturated carbocycles. The Bertz CT molecular complexity index is 5300. The Labute approximate surface area is 504 Å². The highest BCUT2D eigenvalue weighted by Crippen LogP contribution is 2.43. The van der Waals surface area contributed by atoms with E-state index in [-0.39, 0.29) is 0 Å². The molecule has 0 radical (unpaired) electrons. The maximum atomic E-state index is 6.47. The van der Waals surface area contributed by atoms with Crippen molar-refractivity contribution in [2.75, 3.05) is 0 Å². The van der Waals surface area contributed by atoms with Crippen LogP contribution in [0.5, 0.6) is 0 Å². The molecule has 0 N–H and O–H groups in total. The number of nitrogens with zero attached hydrogens (tertiary/aromatic N) is 8. The van der Waals surface area contributed by atoms with Crippen LogP contribution in [-0.4, -0.2) is 39.9 Å². The summed E-state index contributed by atoms with van der Waals surface area (Å²) in [6.45, 7) is 0. The summed E-state index contributed by atoms with van der Waals surface area (Å²) in [6, 6.07) is 90.2. The van der Waals surface area contributed by atoms with Crippen LogP contribution in [0, 0.1) is 0 Å². The zero-order valence-electron chi connectivity index (χ0n) is 47.1. The molecular weight excluding hydrogens is 1080 g/mol. The fourth-order valence-electron chi connectivity index (χ4n) is 11.7. The summed E-state index contributed by atoms with van der Waals surface area (Å²) in [6.07, 6.45) is 7.15. The zero-order chi connectivity index (χ0) is 58.3. The topological polar surface area (TPSA) is 129 Å². The van der Waals surface area contributed by atoms with Gasteiger partial charge < -0.3 is 8.83 Å². The van der Waals surface area contributed by atoms with Gasteiger partial charge in [0.25, 0.3) is 0 Å². The van der Waals surface area contributed by atoms with Crippen molar-refractivity contribution in [2.24, 2.45) is 0 Å². The second-order valence-electron chi connectivity index (χ2n) is 21.4. The Morgan fingerprint density at radius 1 is 0.216 bits per heavy atom. The van der Waals surface area contributed by atoms with Crippen LogP contribution in [0.4, 0.5) is 0 Å². The van der Waals surface area contributed by atoms with Crippen molar-refractivity contribution in [1.29, 1.82) is 0 Å². The van der Waals surface area contributed by atoms with E-state index in [2.05, 4.69) is 153 Å². The summed E-state index contributed by atoms with van der Waals surface area (Å²) >= 11 is 0. The monoisotopic (exact) mass is 1130 g/mol. The quantitative estimate of drug-likeness (QED) is 0.138. The Morgan fingerprint density at radius 2 is 0.545 bits per heavy atom. The van der Waals surface area contributed by atoms with Crippen molar-refractivity contribution in [3.63, 3.8) is 0 Å². The lowest BCUT2D eigenvalue weighted by atomic mass is 9.97. The first-order valence-corrected chi connectivity index (χ1v) is 29.0. The van der Waals surface area contributed by atoms with Gasteiger partial charge in [-0.15, -0.1) is 0 Å². The van der Waals surface area contributed by atoms with E-state index in [0.717, 1.165) is 167 Å². The Kier molecular flexibility index (Phi) is 12.9. The van der Waals surface area contributed by atoms with Gasteiger partial charge in [-0.05, 0) is 143 Å². The highest BCUT2D eigenvalue weighted by atomic mass is 16.3. The van der Waals surface area contributed by atoms with Crippen molar-refractivity contribution in [1.82, 2.24) is 39.9 Å². The first-order valence-electron chi connectivity index (χ1n) is 29.0. The molecule has 0 amide bonds.